The SMILES string of the molecule is C=CCC(NCl)C(C)NCl. The van der Waals surface area contributed by atoms with E-state index in [1.54, 1.807) is 6.08 Å². The summed E-state index contributed by atoms with van der Waals surface area (Å²) < 4.78 is 0. The van der Waals surface area contributed by atoms with Crippen LogP contribution in [0.25, 0.3) is 0 Å². The van der Waals surface area contributed by atoms with Crippen LogP contribution in [0.15, 0.2) is 12.7 Å². The highest BCUT2D eigenvalue weighted by Gasteiger charge is 2.12. The molecule has 0 rings (SSSR count). The van der Waals surface area contributed by atoms with E-state index in [4.69, 9.17) is 23.6 Å². The van der Waals surface area contributed by atoms with Crippen molar-refractivity contribution < 1.29 is 0 Å². The molecule has 2 unspecified atom stereocenters. The summed E-state index contributed by atoms with van der Waals surface area (Å²) >= 11 is 10.8. The fourth-order valence-electron chi connectivity index (χ4n) is 0.599. The third-order valence-corrected chi connectivity index (χ3v) is 1.96. The zero-order valence-electron chi connectivity index (χ0n) is 5.90. The molecular weight excluding hydrogens is 171 g/mol. The predicted octanol–water partition coefficient (Wildman–Crippen LogP) is 1.81. The van der Waals surface area contributed by atoms with Crippen molar-refractivity contribution in [2.45, 2.75) is 25.4 Å². The molecular formula is C6H12Cl2N2. The second kappa shape index (κ2) is 5.98. The average Bonchev–Trinajstić information content (AvgIpc) is 1.99. The Kier molecular flexibility index (Phi) is 6.13. The summed E-state index contributed by atoms with van der Waals surface area (Å²) in [4.78, 5) is 5.19. The van der Waals surface area contributed by atoms with Crippen molar-refractivity contribution in [2.75, 3.05) is 0 Å². The molecule has 0 saturated carbocycles. The van der Waals surface area contributed by atoms with E-state index >= 15 is 0 Å². The van der Waals surface area contributed by atoms with Crippen LogP contribution in [0.1, 0.15) is 13.3 Å². The summed E-state index contributed by atoms with van der Waals surface area (Å²) in [6, 6.07) is 0.272. The van der Waals surface area contributed by atoms with Gasteiger partial charge in [0.15, 0.2) is 0 Å². The van der Waals surface area contributed by atoms with Crippen LogP contribution in [0.4, 0.5) is 0 Å². The monoisotopic (exact) mass is 182 g/mol. The smallest absolute Gasteiger partial charge is 0.0418 e. The predicted molar refractivity (Wildman–Crippen MR) is 46.0 cm³/mol. The van der Waals surface area contributed by atoms with Gasteiger partial charge in [0.2, 0.25) is 0 Å². The topological polar surface area (TPSA) is 24.1 Å². The number of hydrogen-bond acceptors (Lipinski definition) is 2. The zero-order chi connectivity index (χ0) is 7.98. The third-order valence-electron chi connectivity index (χ3n) is 1.34. The minimum atomic E-state index is 0.136. The summed E-state index contributed by atoms with van der Waals surface area (Å²) in [5, 5.41) is 0. The molecule has 0 spiro atoms. The second-order valence-corrected chi connectivity index (χ2v) is 2.57. The second-order valence-electron chi connectivity index (χ2n) is 2.14. The lowest BCUT2D eigenvalue weighted by Gasteiger charge is -2.18. The van der Waals surface area contributed by atoms with Gasteiger partial charge in [-0.15, -0.1) is 6.58 Å². The molecule has 0 aliphatic heterocycles. The van der Waals surface area contributed by atoms with Crippen LogP contribution in [-0.4, -0.2) is 12.1 Å². The van der Waals surface area contributed by atoms with E-state index in [-0.39, 0.29) is 12.1 Å². The molecule has 0 aliphatic rings. The Morgan fingerprint density at radius 1 is 1.50 bits per heavy atom. The molecule has 2 nitrogen and oxygen atoms in total. The van der Waals surface area contributed by atoms with Crippen LogP contribution >= 0.6 is 23.6 Å². The first-order valence-corrected chi connectivity index (χ1v) is 3.85. The lowest BCUT2D eigenvalue weighted by molar-refractivity contribution is 0.504. The minimum Gasteiger partial charge on any atom is -0.229 e. The van der Waals surface area contributed by atoms with Gasteiger partial charge in [0.25, 0.3) is 0 Å². The Balaban J connectivity index is 3.67. The van der Waals surface area contributed by atoms with Crippen molar-refractivity contribution >= 4 is 23.6 Å². The Morgan fingerprint density at radius 2 is 2.10 bits per heavy atom. The fraction of sp³-hybridized carbons (Fsp3) is 0.667. The molecule has 0 radical (unpaired) electrons. The van der Waals surface area contributed by atoms with Crippen LogP contribution in [0.5, 0.6) is 0 Å². The molecule has 0 heterocycles. The molecule has 0 saturated heterocycles. The van der Waals surface area contributed by atoms with Crippen LogP contribution in [0.2, 0.25) is 0 Å². The molecule has 0 aromatic carbocycles. The zero-order valence-corrected chi connectivity index (χ0v) is 7.41. The maximum absolute atomic E-state index is 5.42. The van der Waals surface area contributed by atoms with Crippen molar-refractivity contribution in [1.29, 1.82) is 0 Å². The Hall–Kier alpha value is 0.240. The molecule has 0 fully saturated rings. The summed E-state index contributed by atoms with van der Waals surface area (Å²) in [7, 11) is 0. The molecule has 2 N–H and O–H groups in total. The van der Waals surface area contributed by atoms with E-state index < -0.39 is 0 Å². The molecule has 0 aliphatic carbocycles. The molecule has 60 valence electrons. The molecule has 0 amide bonds. The summed E-state index contributed by atoms with van der Waals surface area (Å²) in [6.45, 7) is 5.54. The highest BCUT2D eigenvalue weighted by molar-refractivity contribution is 6.14. The summed E-state index contributed by atoms with van der Waals surface area (Å²) in [6.07, 6.45) is 2.59. The fourth-order valence-corrected chi connectivity index (χ4v) is 1.03. The van der Waals surface area contributed by atoms with Crippen LogP contribution in [-0.2, 0) is 0 Å². The van der Waals surface area contributed by atoms with Crippen molar-refractivity contribution in [3.05, 3.63) is 12.7 Å². The van der Waals surface area contributed by atoms with Gasteiger partial charge in [-0.3, -0.25) is 0 Å². The van der Waals surface area contributed by atoms with E-state index in [1.807, 2.05) is 6.92 Å². The number of halogens is 2. The lowest BCUT2D eigenvalue weighted by Crippen LogP contribution is -2.38. The summed E-state index contributed by atoms with van der Waals surface area (Å²) in [5.41, 5.74) is 0. The molecule has 0 bridgehead atoms. The highest BCUT2D eigenvalue weighted by Crippen LogP contribution is 2.00. The van der Waals surface area contributed by atoms with Gasteiger partial charge < -0.3 is 0 Å². The van der Waals surface area contributed by atoms with E-state index in [0.717, 1.165) is 6.42 Å². The minimum absolute atomic E-state index is 0.136. The van der Waals surface area contributed by atoms with Gasteiger partial charge in [-0.05, 0) is 36.9 Å². The maximum Gasteiger partial charge on any atom is 0.0418 e. The van der Waals surface area contributed by atoms with Crippen molar-refractivity contribution in [1.82, 2.24) is 9.67 Å². The molecule has 10 heavy (non-hydrogen) atoms. The van der Waals surface area contributed by atoms with Crippen molar-refractivity contribution in [3.63, 3.8) is 0 Å². The van der Waals surface area contributed by atoms with E-state index in [0.29, 0.717) is 0 Å². The Labute approximate surface area is 71.8 Å². The molecule has 2 atom stereocenters. The van der Waals surface area contributed by atoms with Gasteiger partial charge >= 0.3 is 0 Å². The molecule has 0 aromatic heterocycles. The van der Waals surface area contributed by atoms with Crippen LogP contribution in [0, 0.1) is 0 Å². The maximum atomic E-state index is 5.42. The molecule has 0 aromatic rings. The van der Waals surface area contributed by atoms with Gasteiger partial charge in [0, 0.05) is 12.1 Å². The number of hydrogen-bond donors (Lipinski definition) is 2. The van der Waals surface area contributed by atoms with E-state index in [1.165, 1.54) is 0 Å². The Morgan fingerprint density at radius 3 is 2.40 bits per heavy atom. The van der Waals surface area contributed by atoms with Crippen LogP contribution < -0.4 is 9.67 Å². The highest BCUT2D eigenvalue weighted by atomic mass is 35.5. The first kappa shape index (κ1) is 10.2. The van der Waals surface area contributed by atoms with E-state index in [2.05, 4.69) is 16.3 Å². The summed E-state index contributed by atoms with van der Waals surface area (Å²) in [5.74, 6) is 0. The van der Waals surface area contributed by atoms with Gasteiger partial charge in [-0.2, -0.15) is 0 Å². The average molecular weight is 183 g/mol. The van der Waals surface area contributed by atoms with Gasteiger partial charge in [-0.1, -0.05) is 6.08 Å². The van der Waals surface area contributed by atoms with Gasteiger partial charge in [-0.25, -0.2) is 9.67 Å². The lowest BCUT2D eigenvalue weighted by atomic mass is 10.1. The quantitative estimate of drug-likeness (QED) is 0.501. The van der Waals surface area contributed by atoms with Crippen molar-refractivity contribution in [3.8, 4) is 0 Å². The largest absolute Gasteiger partial charge is 0.229 e. The van der Waals surface area contributed by atoms with Gasteiger partial charge in [0.05, 0.1) is 0 Å². The first-order valence-electron chi connectivity index (χ1n) is 3.09. The van der Waals surface area contributed by atoms with Gasteiger partial charge in [0.1, 0.15) is 0 Å². The standard InChI is InChI=1S/C6H12Cl2N2/c1-3-4-6(10-8)5(2)9-7/h3,5-6,9-10H,1,4H2,2H3. The number of rotatable bonds is 5. The normalized spacial score (nSPS) is 16.3. The van der Waals surface area contributed by atoms with Crippen LogP contribution in [0.3, 0.4) is 0 Å². The third kappa shape index (κ3) is 3.42. The van der Waals surface area contributed by atoms with E-state index in [9.17, 15) is 0 Å². The van der Waals surface area contributed by atoms with Crippen molar-refractivity contribution in [2.24, 2.45) is 0 Å². The number of nitrogens with one attached hydrogen (secondary N) is 2. The Bertz CT molecular complexity index is 97.7. The first-order chi connectivity index (χ1) is 4.76. The molecule has 4 heteroatoms.